The molecule has 4 rings (SSSR count). The van der Waals surface area contributed by atoms with E-state index in [1.807, 2.05) is 60.8 Å². The smallest absolute Gasteiger partial charge is 0.123 e. The number of anilines is 1. The quantitative estimate of drug-likeness (QED) is 0.513. The van der Waals surface area contributed by atoms with Crippen molar-refractivity contribution in [3.63, 3.8) is 0 Å². The van der Waals surface area contributed by atoms with Gasteiger partial charge in [-0.3, -0.25) is 4.99 Å². The number of hydrogen-bond donors (Lipinski definition) is 1. The molecule has 4 nitrogen and oxygen atoms in total. The fraction of sp³-hybridized carbons (Fsp3) is 0.160. The fourth-order valence-corrected chi connectivity index (χ4v) is 3.50. The van der Waals surface area contributed by atoms with Crippen molar-refractivity contribution in [2.24, 2.45) is 4.99 Å². The third kappa shape index (κ3) is 4.35. The van der Waals surface area contributed by atoms with E-state index in [2.05, 4.69) is 10.3 Å². The van der Waals surface area contributed by atoms with Gasteiger partial charge >= 0.3 is 0 Å². The Labute approximate surface area is 175 Å². The molecule has 3 aromatic carbocycles. The van der Waals surface area contributed by atoms with Crippen LogP contribution in [-0.4, -0.2) is 20.4 Å². The predicted octanol–water partition coefficient (Wildman–Crippen LogP) is 6.01. The number of ether oxygens (including phenoxy) is 2. The van der Waals surface area contributed by atoms with Crippen LogP contribution in [0.4, 0.5) is 15.8 Å². The average molecular weight is 402 g/mol. The molecule has 0 radical (unpaired) electrons. The molecule has 3 aromatic rings. The highest BCUT2D eigenvalue weighted by Gasteiger charge is 2.19. The number of methoxy groups -OCH3 is 2. The molecular formula is C25H23FN2O2. The van der Waals surface area contributed by atoms with E-state index in [1.165, 1.54) is 6.07 Å². The molecule has 0 spiro atoms. The molecule has 0 amide bonds. The topological polar surface area (TPSA) is 42.8 Å². The first-order valence-electron chi connectivity index (χ1n) is 9.77. The van der Waals surface area contributed by atoms with Crippen LogP contribution in [0.3, 0.4) is 0 Å². The summed E-state index contributed by atoms with van der Waals surface area (Å²) in [7, 11) is 3.28. The second kappa shape index (κ2) is 8.82. The standard InChI is InChI=1S/C25H23FN2O2/c1-29-22-10-6-20(7-11-22)27-16-18-4-3-17-15-19(26)5-14-24(17)25(18)28-21-8-12-23(30-2)13-9-21/h5-16,28H,3-4H2,1-2H3. The molecule has 0 aromatic heterocycles. The first-order valence-corrected chi connectivity index (χ1v) is 9.77. The van der Waals surface area contributed by atoms with Gasteiger partial charge in [-0.25, -0.2) is 4.39 Å². The van der Waals surface area contributed by atoms with Crippen molar-refractivity contribution >= 4 is 23.3 Å². The normalized spacial score (nSPS) is 13.3. The van der Waals surface area contributed by atoms with Gasteiger partial charge in [0, 0.05) is 17.5 Å². The van der Waals surface area contributed by atoms with Crippen LogP contribution in [0.15, 0.2) is 77.3 Å². The Bertz CT molecular complexity index is 1090. The molecule has 1 N–H and O–H groups in total. The summed E-state index contributed by atoms with van der Waals surface area (Å²) in [6.45, 7) is 0. The number of benzene rings is 3. The van der Waals surface area contributed by atoms with Crippen LogP contribution in [-0.2, 0) is 6.42 Å². The maximum absolute atomic E-state index is 13.8. The number of fused-ring (bicyclic) bond motifs is 1. The highest BCUT2D eigenvalue weighted by molar-refractivity contribution is 5.97. The Kier molecular flexibility index (Phi) is 5.80. The predicted molar refractivity (Wildman–Crippen MR) is 119 cm³/mol. The summed E-state index contributed by atoms with van der Waals surface area (Å²) in [5, 5.41) is 3.50. The van der Waals surface area contributed by atoms with Gasteiger partial charge in [0.2, 0.25) is 0 Å². The molecular weight excluding hydrogens is 379 g/mol. The molecule has 1 aliphatic carbocycles. The number of halogens is 1. The lowest BCUT2D eigenvalue weighted by Gasteiger charge is -2.23. The van der Waals surface area contributed by atoms with E-state index < -0.39 is 0 Å². The number of aryl methyl sites for hydroxylation is 1. The molecule has 30 heavy (non-hydrogen) atoms. The summed E-state index contributed by atoms with van der Waals surface area (Å²) < 4.78 is 24.2. The van der Waals surface area contributed by atoms with Crippen LogP contribution in [0.5, 0.6) is 11.5 Å². The molecule has 0 bridgehead atoms. The highest BCUT2D eigenvalue weighted by atomic mass is 19.1. The summed E-state index contributed by atoms with van der Waals surface area (Å²) in [5.74, 6) is 1.37. The third-order valence-corrected chi connectivity index (χ3v) is 5.12. The van der Waals surface area contributed by atoms with E-state index in [-0.39, 0.29) is 5.82 Å². The van der Waals surface area contributed by atoms with Gasteiger partial charge in [-0.1, -0.05) is 0 Å². The van der Waals surface area contributed by atoms with E-state index in [0.717, 1.165) is 58.1 Å². The van der Waals surface area contributed by atoms with Gasteiger partial charge in [0.25, 0.3) is 0 Å². The molecule has 0 saturated carbocycles. The Morgan fingerprint density at radius 3 is 2.20 bits per heavy atom. The molecule has 1 aliphatic rings. The highest BCUT2D eigenvalue weighted by Crippen LogP contribution is 2.33. The van der Waals surface area contributed by atoms with Gasteiger partial charge in [0.1, 0.15) is 17.3 Å². The lowest BCUT2D eigenvalue weighted by atomic mass is 9.89. The van der Waals surface area contributed by atoms with Gasteiger partial charge in [0.15, 0.2) is 0 Å². The number of nitrogens with zero attached hydrogens (tertiary/aromatic N) is 1. The molecule has 0 fully saturated rings. The first kappa shape index (κ1) is 19.7. The average Bonchev–Trinajstić information content (AvgIpc) is 2.79. The van der Waals surface area contributed by atoms with Crippen molar-refractivity contribution in [2.45, 2.75) is 12.8 Å². The summed E-state index contributed by atoms with van der Waals surface area (Å²) in [5.41, 5.74) is 5.78. The summed E-state index contributed by atoms with van der Waals surface area (Å²) >= 11 is 0. The lowest BCUT2D eigenvalue weighted by molar-refractivity contribution is 0.415. The van der Waals surface area contributed by atoms with Gasteiger partial charge in [-0.15, -0.1) is 0 Å². The first-order chi connectivity index (χ1) is 14.7. The van der Waals surface area contributed by atoms with Gasteiger partial charge in [-0.05, 0) is 90.7 Å². The summed E-state index contributed by atoms with van der Waals surface area (Å²) in [4.78, 5) is 4.64. The van der Waals surface area contributed by atoms with Crippen molar-refractivity contribution in [2.75, 3.05) is 19.5 Å². The van der Waals surface area contributed by atoms with Gasteiger partial charge in [-0.2, -0.15) is 0 Å². The minimum Gasteiger partial charge on any atom is -0.497 e. The molecule has 5 heteroatoms. The largest absolute Gasteiger partial charge is 0.497 e. The van der Waals surface area contributed by atoms with Crippen molar-refractivity contribution in [3.8, 4) is 11.5 Å². The minimum atomic E-state index is -0.215. The molecule has 0 saturated heterocycles. The number of allylic oxidation sites excluding steroid dienone is 1. The maximum atomic E-state index is 13.8. The number of hydrogen-bond acceptors (Lipinski definition) is 4. The van der Waals surface area contributed by atoms with Crippen LogP contribution in [0.2, 0.25) is 0 Å². The van der Waals surface area contributed by atoms with Crippen molar-refractivity contribution in [3.05, 3.63) is 89.2 Å². The lowest BCUT2D eigenvalue weighted by Crippen LogP contribution is -2.12. The fourth-order valence-electron chi connectivity index (χ4n) is 3.50. The molecule has 0 unspecified atom stereocenters. The number of nitrogens with one attached hydrogen (secondary N) is 1. The summed E-state index contributed by atoms with van der Waals surface area (Å²) in [6, 6.07) is 20.3. The zero-order valence-electron chi connectivity index (χ0n) is 17.0. The van der Waals surface area contributed by atoms with Crippen LogP contribution in [0.25, 0.3) is 5.70 Å². The third-order valence-electron chi connectivity index (χ3n) is 5.12. The zero-order valence-corrected chi connectivity index (χ0v) is 17.0. The van der Waals surface area contributed by atoms with E-state index >= 15 is 0 Å². The number of rotatable bonds is 6. The maximum Gasteiger partial charge on any atom is 0.123 e. The SMILES string of the molecule is COc1ccc(N=CC2=C(Nc3ccc(OC)cc3)c3ccc(F)cc3CC2)cc1. The molecule has 0 aliphatic heterocycles. The second-order valence-electron chi connectivity index (χ2n) is 7.01. The molecule has 152 valence electrons. The van der Waals surface area contributed by atoms with Gasteiger partial charge in [0.05, 0.1) is 25.6 Å². The van der Waals surface area contributed by atoms with Crippen LogP contribution in [0.1, 0.15) is 17.5 Å². The van der Waals surface area contributed by atoms with Gasteiger partial charge < -0.3 is 14.8 Å². The minimum absolute atomic E-state index is 0.215. The number of aliphatic imine (C=N–C) groups is 1. The van der Waals surface area contributed by atoms with E-state index in [0.29, 0.717) is 0 Å². The monoisotopic (exact) mass is 402 g/mol. The van der Waals surface area contributed by atoms with Crippen LogP contribution in [0, 0.1) is 5.82 Å². The van der Waals surface area contributed by atoms with Crippen molar-refractivity contribution in [1.29, 1.82) is 0 Å². The second-order valence-corrected chi connectivity index (χ2v) is 7.01. The Morgan fingerprint density at radius 1 is 0.867 bits per heavy atom. The van der Waals surface area contributed by atoms with Crippen LogP contribution < -0.4 is 14.8 Å². The summed E-state index contributed by atoms with van der Waals surface area (Å²) in [6.07, 6.45) is 3.43. The van der Waals surface area contributed by atoms with Crippen LogP contribution >= 0.6 is 0 Å². The Balaban J connectivity index is 1.70. The molecule has 0 atom stereocenters. The van der Waals surface area contributed by atoms with Crippen molar-refractivity contribution < 1.29 is 13.9 Å². The van der Waals surface area contributed by atoms with E-state index in [4.69, 9.17) is 9.47 Å². The Hall–Kier alpha value is -3.60. The van der Waals surface area contributed by atoms with E-state index in [9.17, 15) is 4.39 Å². The molecule has 0 heterocycles. The Morgan fingerprint density at radius 2 is 1.53 bits per heavy atom. The van der Waals surface area contributed by atoms with E-state index in [1.54, 1.807) is 20.3 Å². The van der Waals surface area contributed by atoms with Crippen molar-refractivity contribution in [1.82, 2.24) is 0 Å². The zero-order chi connectivity index (χ0) is 20.9.